The third-order valence-electron chi connectivity index (χ3n) is 15.6. The first-order valence-electron chi connectivity index (χ1n) is 33.5. The van der Waals surface area contributed by atoms with E-state index < -0.39 is 6.10 Å². The molecular formula is C67H130O6. The third-order valence-corrected chi connectivity index (χ3v) is 15.6. The summed E-state index contributed by atoms with van der Waals surface area (Å²) in [5.74, 6) is -0.826. The van der Waals surface area contributed by atoms with Crippen LogP contribution in [0.4, 0.5) is 0 Å². The Balaban J connectivity index is 4.11. The number of unbranched alkanes of at least 4 members (excludes halogenated alkanes) is 52. The summed E-state index contributed by atoms with van der Waals surface area (Å²) in [5, 5.41) is 0. The zero-order chi connectivity index (χ0) is 52.9. The van der Waals surface area contributed by atoms with Gasteiger partial charge in [-0.15, -0.1) is 0 Å². The van der Waals surface area contributed by atoms with Crippen LogP contribution in [0, 0.1) is 0 Å². The second-order valence-corrected chi connectivity index (χ2v) is 23.1. The Kier molecular flexibility index (Phi) is 61.6. The molecule has 0 amide bonds. The number of carbonyl (C=O) groups is 3. The highest BCUT2D eigenvalue weighted by Gasteiger charge is 2.19. The van der Waals surface area contributed by atoms with Crippen LogP contribution in [0.25, 0.3) is 0 Å². The van der Waals surface area contributed by atoms with E-state index in [1.54, 1.807) is 0 Å². The van der Waals surface area contributed by atoms with Gasteiger partial charge in [0, 0.05) is 19.3 Å². The van der Waals surface area contributed by atoms with E-state index >= 15 is 0 Å². The molecule has 1 atom stereocenters. The topological polar surface area (TPSA) is 78.9 Å². The van der Waals surface area contributed by atoms with Crippen LogP contribution in [0.3, 0.4) is 0 Å². The van der Waals surface area contributed by atoms with Gasteiger partial charge < -0.3 is 14.2 Å². The maximum Gasteiger partial charge on any atom is 0.306 e. The van der Waals surface area contributed by atoms with Crippen molar-refractivity contribution in [2.45, 2.75) is 399 Å². The van der Waals surface area contributed by atoms with Gasteiger partial charge in [-0.3, -0.25) is 14.4 Å². The van der Waals surface area contributed by atoms with Crippen molar-refractivity contribution >= 4 is 17.9 Å². The monoisotopic (exact) mass is 1030 g/mol. The van der Waals surface area contributed by atoms with E-state index in [9.17, 15) is 14.4 Å². The largest absolute Gasteiger partial charge is 0.462 e. The Labute approximate surface area is 457 Å². The summed E-state index contributed by atoms with van der Waals surface area (Å²) in [4.78, 5) is 38.3. The molecule has 434 valence electrons. The molecule has 73 heavy (non-hydrogen) atoms. The maximum absolute atomic E-state index is 12.9. The molecule has 0 aromatic carbocycles. The molecule has 0 saturated carbocycles. The van der Waals surface area contributed by atoms with Crippen molar-refractivity contribution in [3.63, 3.8) is 0 Å². The van der Waals surface area contributed by atoms with Gasteiger partial charge in [0.25, 0.3) is 0 Å². The summed E-state index contributed by atoms with van der Waals surface area (Å²) < 4.78 is 16.9. The Hall–Kier alpha value is -1.59. The molecule has 0 aromatic heterocycles. The first-order chi connectivity index (χ1) is 36.0. The molecule has 0 heterocycles. The SMILES string of the molecule is CCCCCCCCCCCCCCCCCCCCCCCCCCCCCCC(=O)OCC(COC(=O)CCCCCCCCCCCCCCC)OC(=O)CCCCCCCCCCCCCCCC. The lowest BCUT2D eigenvalue weighted by Crippen LogP contribution is -2.30. The summed E-state index contributed by atoms with van der Waals surface area (Å²) in [6.07, 6.45) is 72.7. The first kappa shape index (κ1) is 71.4. The molecule has 0 aliphatic heterocycles. The molecule has 1 unspecified atom stereocenters. The molecule has 0 aliphatic carbocycles. The molecule has 6 heteroatoms. The lowest BCUT2D eigenvalue weighted by molar-refractivity contribution is -0.167. The summed E-state index contributed by atoms with van der Waals surface area (Å²) in [6.45, 7) is 6.72. The standard InChI is InChI=1S/C67H130O6/c1-4-7-10-13-16-19-22-25-27-28-29-30-31-32-33-34-35-36-37-38-39-40-43-45-48-51-54-57-60-66(69)72-63-64(62-71-65(68)59-56-53-50-47-44-41-24-21-18-15-12-9-6-3)73-67(70)61-58-55-52-49-46-42-26-23-20-17-14-11-8-5-2/h64H,4-63H2,1-3H3. The Bertz CT molecular complexity index is 1090. The molecule has 0 fully saturated rings. The van der Waals surface area contributed by atoms with E-state index in [2.05, 4.69) is 20.8 Å². The van der Waals surface area contributed by atoms with E-state index in [0.29, 0.717) is 19.3 Å². The number of hydrogen-bond donors (Lipinski definition) is 0. The summed E-state index contributed by atoms with van der Waals surface area (Å²) in [6, 6.07) is 0. The number of rotatable bonds is 63. The van der Waals surface area contributed by atoms with Gasteiger partial charge in [-0.25, -0.2) is 0 Å². The smallest absolute Gasteiger partial charge is 0.306 e. The van der Waals surface area contributed by atoms with Crippen LogP contribution in [-0.2, 0) is 28.6 Å². The van der Waals surface area contributed by atoms with Crippen LogP contribution in [-0.4, -0.2) is 37.2 Å². The van der Waals surface area contributed by atoms with Crippen LogP contribution in [0.1, 0.15) is 393 Å². The van der Waals surface area contributed by atoms with E-state index in [0.717, 1.165) is 57.8 Å². The minimum absolute atomic E-state index is 0.0606. The fourth-order valence-corrected chi connectivity index (χ4v) is 10.6. The Morgan fingerprint density at radius 1 is 0.219 bits per heavy atom. The van der Waals surface area contributed by atoms with Crippen LogP contribution >= 0.6 is 0 Å². The second kappa shape index (κ2) is 62.9. The van der Waals surface area contributed by atoms with Gasteiger partial charge in [-0.1, -0.05) is 355 Å². The van der Waals surface area contributed by atoms with Gasteiger partial charge in [0.05, 0.1) is 0 Å². The Morgan fingerprint density at radius 2 is 0.370 bits per heavy atom. The minimum atomic E-state index is -0.762. The molecule has 0 aromatic rings. The molecule has 0 spiro atoms. The first-order valence-corrected chi connectivity index (χ1v) is 33.5. The number of esters is 3. The molecular weight excluding hydrogens is 901 g/mol. The molecule has 0 N–H and O–H groups in total. The van der Waals surface area contributed by atoms with Gasteiger partial charge in [-0.2, -0.15) is 0 Å². The van der Waals surface area contributed by atoms with Gasteiger partial charge in [0.15, 0.2) is 6.10 Å². The van der Waals surface area contributed by atoms with Crippen LogP contribution in [0.15, 0.2) is 0 Å². The molecule has 0 bridgehead atoms. The van der Waals surface area contributed by atoms with Crippen molar-refractivity contribution in [2.75, 3.05) is 13.2 Å². The molecule has 6 nitrogen and oxygen atoms in total. The van der Waals surface area contributed by atoms with Crippen molar-refractivity contribution in [3.8, 4) is 0 Å². The van der Waals surface area contributed by atoms with Gasteiger partial charge >= 0.3 is 17.9 Å². The fraction of sp³-hybridized carbons (Fsp3) is 0.955. The van der Waals surface area contributed by atoms with Crippen molar-refractivity contribution in [1.82, 2.24) is 0 Å². The second-order valence-electron chi connectivity index (χ2n) is 23.1. The van der Waals surface area contributed by atoms with E-state index in [-0.39, 0.29) is 31.1 Å². The molecule has 0 aliphatic rings. The van der Waals surface area contributed by atoms with Gasteiger partial charge in [0.1, 0.15) is 13.2 Å². The highest BCUT2D eigenvalue weighted by molar-refractivity contribution is 5.71. The summed E-state index contributed by atoms with van der Waals surface area (Å²) >= 11 is 0. The molecule has 0 rings (SSSR count). The van der Waals surface area contributed by atoms with Crippen LogP contribution < -0.4 is 0 Å². The predicted octanol–water partition coefficient (Wildman–Crippen LogP) is 22.7. The Morgan fingerprint density at radius 3 is 0.548 bits per heavy atom. The van der Waals surface area contributed by atoms with Crippen LogP contribution in [0.5, 0.6) is 0 Å². The molecule has 0 saturated heterocycles. The highest BCUT2D eigenvalue weighted by atomic mass is 16.6. The van der Waals surface area contributed by atoms with Gasteiger partial charge in [0.2, 0.25) is 0 Å². The van der Waals surface area contributed by atoms with Gasteiger partial charge in [-0.05, 0) is 19.3 Å². The van der Waals surface area contributed by atoms with Crippen LogP contribution in [0.2, 0.25) is 0 Å². The summed E-state index contributed by atoms with van der Waals surface area (Å²) in [7, 11) is 0. The third kappa shape index (κ3) is 61.1. The highest BCUT2D eigenvalue weighted by Crippen LogP contribution is 2.19. The predicted molar refractivity (Wildman–Crippen MR) is 317 cm³/mol. The normalized spacial score (nSPS) is 11.9. The zero-order valence-electron chi connectivity index (χ0n) is 50.0. The average molecular weight is 1030 g/mol. The van der Waals surface area contributed by atoms with Crippen molar-refractivity contribution in [1.29, 1.82) is 0 Å². The number of carbonyl (C=O) groups excluding carboxylic acids is 3. The maximum atomic E-state index is 12.9. The number of ether oxygens (including phenoxy) is 3. The number of hydrogen-bond acceptors (Lipinski definition) is 6. The lowest BCUT2D eigenvalue weighted by Gasteiger charge is -2.18. The van der Waals surface area contributed by atoms with E-state index in [4.69, 9.17) is 14.2 Å². The fourth-order valence-electron chi connectivity index (χ4n) is 10.6. The molecule has 0 radical (unpaired) electrons. The van der Waals surface area contributed by atoms with E-state index in [1.165, 1.54) is 295 Å². The average Bonchev–Trinajstić information content (AvgIpc) is 3.39. The van der Waals surface area contributed by atoms with E-state index in [1.807, 2.05) is 0 Å². The van der Waals surface area contributed by atoms with Crippen molar-refractivity contribution in [2.24, 2.45) is 0 Å². The quantitative estimate of drug-likeness (QED) is 0.0343. The summed E-state index contributed by atoms with van der Waals surface area (Å²) in [5.41, 5.74) is 0. The minimum Gasteiger partial charge on any atom is -0.462 e. The van der Waals surface area contributed by atoms with Crippen molar-refractivity contribution < 1.29 is 28.6 Å². The zero-order valence-corrected chi connectivity index (χ0v) is 50.0. The lowest BCUT2D eigenvalue weighted by atomic mass is 10.0. The van der Waals surface area contributed by atoms with Crippen molar-refractivity contribution in [3.05, 3.63) is 0 Å².